The highest BCUT2D eigenvalue weighted by Gasteiger charge is 2.27. The van der Waals surface area contributed by atoms with Gasteiger partial charge in [-0.2, -0.15) is 0 Å². The summed E-state index contributed by atoms with van der Waals surface area (Å²) < 4.78 is 5.41. The predicted molar refractivity (Wildman–Crippen MR) is 91.2 cm³/mol. The summed E-state index contributed by atoms with van der Waals surface area (Å²) in [6.45, 7) is 8.46. The molecule has 1 fully saturated rings. The van der Waals surface area contributed by atoms with E-state index < -0.39 is 5.60 Å². The van der Waals surface area contributed by atoms with E-state index in [9.17, 15) is 9.59 Å². The van der Waals surface area contributed by atoms with E-state index in [1.54, 1.807) is 11.0 Å². The number of halogens is 1. The fourth-order valence-corrected chi connectivity index (χ4v) is 3.04. The monoisotopic (exact) mass is 337 g/mol. The average molecular weight is 338 g/mol. The minimum atomic E-state index is -0.472. The third-order valence-corrected chi connectivity index (χ3v) is 4.32. The number of hydrogen-bond donors (Lipinski definition) is 0. The fourth-order valence-electron chi connectivity index (χ4n) is 2.79. The SMILES string of the molecule is CC(=O)c1cc(C2CCN(C(=O)OC(C)(C)C)CC2)ccc1Cl. The van der Waals surface area contributed by atoms with E-state index in [-0.39, 0.29) is 11.9 Å². The number of Topliss-reactive ketones (excluding diaryl/α,β-unsaturated/α-hetero) is 1. The van der Waals surface area contributed by atoms with Crippen LogP contribution in [0.3, 0.4) is 0 Å². The molecule has 0 aromatic heterocycles. The summed E-state index contributed by atoms with van der Waals surface area (Å²) in [6.07, 6.45) is 1.47. The smallest absolute Gasteiger partial charge is 0.410 e. The van der Waals surface area contributed by atoms with E-state index in [4.69, 9.17) is 16.3 Å². The first-order valence-electron chi connectivity index (χ1n) is 7.95. The Morgan fingerprint density at radius 3 is 2.35 bits per heavy atom. The zero-order valence-electron chi connectivity index (χ0n) is 14.2. The Hall–Kier alpha value is -1.55. The quantitative estimate of drug-likeness (QED) is 0.737. The number of carbonyl (C=O) groups is 2. The summed E-state index contributed by atoms with van der Waals surface area (Å²) in [5.41, 5.74) is 1.21. The van der Waals surface area contributed by atoms with Gasteiger partial charge in [-0.25, -0.2) is 4.79 Å². The number of amides is 1. The second-order valence-electron chi connectivity index (χ2n) is 7.04. The van der Waals surface area contributed by atoms with Crippen LogP contribution in [-0.2, 0) is 4.74 Å². The summed E-state index contributed by atoms with van der Waals surface area (Å²) >= 11 is 6.07. The molecule has 1 saturated heterocycles. The third-order valence-electron chi connectivity index (χ3n) is 3.99. The van der Waals surface area contributed by atoms with Crippen LogP contribution >= 0.6 is 11.6 Å². The van der Waals surface area contributed by atoms with Crippen molar-refractivity contribution < 1.29 is 14.3 Å². The molecular weight excluding hydrogens is 314 g/mol. The first-order valence-corrected chi connectivity index (χ1v) is 8.33. The predicted octanol–water partition coefficient (Wildman–Crippen LogP) is 4.66. The minimum Gasteiger partial charge on any atom is -0.444 e. The van der Waals surface area contributed by atoms with Crippen LogP contribution in [0.25, 0.3) is 0 Å². The zero-order valence-corrected chi connectivity index (χ0v) is 14.9. The van der Waals surface area contributed by atoms with Crippen molar-refractivity contribution in [1.82, 2.24) is 4.90 Å². The molecule has 0 unspecified atom stereocenters. The topological polar surface area (TPSA) is 46.6 Å². The van der Waals surface area contributed by atoms with Gasteiger partial charge in [0.15, 0.2) is 5.78 Å². The summed E-state index contributed by atoms with van der Waals surface area (Å²) in [5.74, 6) is 0.312. The lowest BCUT2D eigenvalue weighted by Crippen LogP contribution is -2.41. The molecule has 1 aliphatic heterocycles. The molecule has 1 aromatic carbocycles. The number of ether oxygens (including phenoxy) is 1. The second-order valence-corrected chi connectivity index (χ2v) is 7.44. The highest BCUT2D eigenvalue weighted by molar-refractivity contribution is 6.33. The molecule has 0 radical (unpaired) electrons. The van der Waals surface area contributed by atoms with Crippen LogP contribution in [0.1, 0.15) is 62.4 Å². The molecule has 4 nitrogen and oxygen atoms in total. The Morgan fingerprint density at radius 1 is 1.22 bits per heavy atom. The molecule has 0 bridgehead atoms. The highest BCUT2D eigenvalue weighted by Crippen LogP contribution is 2.31. The number of rotatable bonds is 2. The second kappa shape index (κ2) is 6.91. The van der Waals surface area contributed by atoms with Gasteiger partial charge in [-0.05, 0) is 64.2 Å². The van der Waals surface area contributed by atoms with Crippen LogP contribution in [0.4, 0.5) is 4.79 Å². The molecule has 1 heterocycles. The van der Waals surface area contributed by atoms with Crippen LogP contribution in [0.5, 0.6) is 0 Å². The maximum atomic E-state index is 12.1. The van der Waals surface area contributed by atoms with Gasteiger partial charge in [-0.3, -0.25) is 4.79 Å². The van der Waals surface area contributed by atoms with Gasteiger partial charge in [-0.1, -0.05) is 17.7 Å². The van der Waals surface area contributed by atoms with E-state index in [1.165, 1.54) is 6.92 Å². The summed E-state index contributed by atoms with van der Waals surface area (Å²) in [4.78, 5) is 25.5. The van der Waals surface area contributed by atoms with Crippen LogP contribution in [-0.4, -0.2) is 35.5 Å². The van der Waals surface area contributed by atoms with Gasteiger partial charge >= 0.3 is 6.09 Å². The molecule has 0 spiro atoms. The number of ketones is 1. The summed E-state index contributed by atoms with van der Waals surface area (Å²) in [6, 6.07) is 5.65. The molecule has 1 amide bonds. The lowest BCUT2D eigenvalue weighted by molar-refractivity contribution is 0.0205. The van der Waals surface area contributed by atoms with Gasteiger partial charge in [-0.15, -0.1) is 0 Å². The van der Waals surface area contributed by atoms with Crippen molar-refractivity contribution in [3.63, 3.8) is 0 Å². The van der Waals surface area contributed by atoms with Crippen molar-refractivity contribution in [2.75, 3.05) is 13.1 Å². The van der Waals surface area contributed by atoms with Gasteiger partial charge in [0.25, 0.3) is 0 Å². The minimum absolute atomic E-state index is 0.0250. The fraction of sp³-hybridized carbons (Fsp3) is 0.556. The van der Waals surface area contributed by atoms with E-state index >= 15 is 0 Å². The standard InChI is InChI=1S/C18H24ClNO3/c1-12(21)15-11-14(5-6-16(15)19)13-7-9-20(10-8-13)17(22)23-18(2,3)4/h5-6,11,13H,7-10H2,1-4H3. The maximum Gasteiger partial charge on any atom is 0.410 e. The number of hydrogen-bond acceptors (Lipinski definition) is 3. The number of benzene rings is 1. The van der Waals surface area contributed by atoms with Gasteiger partial charge in [0, 0.05) is 18.7 Å². The molecule has 23 heavy (non-hydrogen) atoms. The Morgan fingerprint density at radius 2 is 1.83 bits per heavy atom. The van der Waals surface area contributed by atoms with E-state index in [1.807, 2.05) is 32.9 Å². The number of nitrogens with zero attached hydrogens (tertiary/aromatic N) is 1. The third kappa shape index (κ3) is 4.71. The van der Waals surface area contributed by atoms with E-state index in [0.717, 1.165) is 18.4 Å². The largest absolute Gasteiger partial charge is 0.444 e. The van der Waals surface area contributed by atoms with Gasteiger partial charge in [0.1, 0.15) is 5.60 Å². The van der Waals surface area contributed by atoms with Gasteiger partial charge < -0.3 is 9.64 Å². The maximum absolute atomic E-state index is 12.1. The summed E-state index contributed by atoms with van der Waals surface area (Å²) in [7, 11) is 0. The van der Waals surface area contributed by atoms with Gasteiger partial charge in [0.2, 0.25) is 0 Å². The first kappa shape index (κ1) is 17.8. The van der Waals surface area contributed by atoms with Crippen molar-refractivity contribution in [1.29, 1.82) is 0 Å². The lowest BCUT2D eigenvalue weighted by atomic mass is 9.88. The molecule has 5 heteroatoms. The lowest BCUT2D eigenvalue weighted by Gasteiger charge is -2.33. The van der Waals surface area contributed by atoms with E-state index in [2.05, 4.69) is 0 Å². The highest BCUT2D eigenvalue weighted by atomic mass is 35.5. The van der Waals surface area contributed by atoms with Crippen molar-refractivity contribution in [3.8, 4) is 0 Å². The Labute approximate surface area is 142 Å². The van der Waals surface area contributed by atoms with Crippen molar-refractivity contribution in [2.24, 2.45) is 0 Å². The Kier molecular flexibility index (Phi) is 5.35. The first-order chi connectivity index (χ1) is 10.7. The molecule has 1 aliphatic rings. The molecule has 2 rings (SSSR count). The molecule has 126 valence electrons. The molecule has 0 saturated carbocycles. The molecule has 1 aromatic rings. The van der Waals surface area contributed by atoms with Gasteiger partial charge in [0.05, 0.1) is 5.02 Å². The summed E-state index contributed by atoms with van der Waals surface area (Å²) in [5, 5.41) is 0.493. The average Bonchev–Trinajstić information content (AvgIpc) is 2.46. The zero-order chi connectivity index (χ0) is 17.2. The van der Waals surface area contributed by atoms with Crippen LogP contribution in [0.15, 0.2) is 18.2 Å². The molecule has 0 N–H and O–H groups in total. The number of carbonyl (C=O) groups excluding carboxylic acids is 2. The molecule has 0 atom stereocenters. The Balaban J connectivity index is 2.01. The van der Waals surface area contributed by atoms with Crippen LogP contribution in [0, 0.1) is 0 Å². The van der Waals surface area contributed by atoms with Crippen molar-refractivity contribution in [2.45, 2.75) is 52.1 Å². The molecule has 0 aliphatic carbocycles. The van der Waals surface area contributed by atoms with Crippen molar-refractivity contribution >= 4 is 23.5 Å². The van der Waals surface area contributed by atoms with Crippen LogP contribution in [0.2, 0.25) is 5.02 Å². The van der Waals surface area contributed by atoms with E-state index in [0.29, 0.717) is 29.6 Å². The molecular formula is C18H24ClNO3. The van der Waals surface area contributed by atoms with Crippen molar-refractivity contribution in [3.05, 3.63) is 34.3 Å². The van der Waals surface area contributed by atoms with Crippen LogP contribution < -0.4 is 0 Å². The Bertz CT molecular complexity index is 599. The normalized spacial score (nSPS) is 16.3. The number of likely N-dealkylation sites (tertiary alicyclic amines) is 1. The number of piperidine rings is 1.